The highest BCUT2D eigenvalue weighted by Crippen LogP contribution is 2.27. The van der Waals surface area contributed by atoms with E-state index in [0.29, 0.717) is 36.0 Å². The molecule has 9 heteroatoms. The van der Waals surface area contributed by atoms with Gasteiger partial charge in [-0.3, -0.25) is 4.57 Å². The number of hydrogen-bond acceptors (Lipinski definition) is 6. The number of aromatic nitrogens is 1. The minimum Gasteiger partial charge on any atom is -0.493 e. The number of methoxy groups -OCH3 is 1. The standard InChI is InChI=1S/C22H26N2O6S/c1-16-9-11-23(12-10-16)31(26,27)17-7-8-18-21(15-17)30-22(25)24(18)13-14-29-20-6-4-3-5-19(20)28-2/h3-8,15-16H,9-14H2,1-2H3. The van der Waals surface area contributed by atoms with E-state index in [-0.39, 0.29) is 23.6 Å². The first-order chi connectivity index (χ1) is 14.9. The highest BCUT2D eigenvalue weighted by Gasteiger charge is 2.28. The second-order valence-electron chi connectivity index (χ2n) is 7.74. The summed E-state index contributed by atoms with van der Waals surface area (Å²) in [6, 6.07) is 11.8. The summed E-state index contributed by atoms with van der Waals surface area (Å²) in [6.07, 6.45) is 1.69. The summed E-state index contributed by atoms with van der Waals surface area (Å²) in [5.74, 6) is 1.16. The molecule has 8 nitrogen and oxygen atoms in total. The number of piperidine rings is 1. The van der Waals surface area contributed by atoms with Gasteiger partial charge in [0.15, 0.2) is 17.1 Å². The monoisotopic (exact) mass is 446 g/mol. The first kappa shape index (κ1) is 21.5. The fraction of sp³-hybridized carbons (Fsp3) is 0.409. The quantitative estimate of drug-likeness (QED) is 0.554. The van der Waals surface area contributed by atoms with Gasteiger partial charge >= 0.3 is 5.76 Å². The molecule has 0 saturated carbocycles. The van der Waals surface area contributed by atoms with Crippen molar-refractivity contribution in [3.8, 4) is 11.5 Å². The van der Waals surface area contributed by atoms with Gasteiger partial charge in [-0.25, -0.2) is 13.2 Å². The average Bonchev–Trinajstić information content (AvgIpc) is 3.08. The number of benzene rings is 2. The van der Waals surface area contributed by atoms with Gasteiger partial charge in [0.25, 0.3) is 0 Å². The second kappa shape index (κ2) is 8.76. The highest BCUT2D eigenvalue weighted by molar-refractivity contribution is 7.89. The number of para-hydroxylation sites is 2. The molecular formula is C22H26N2O6S. The van der Waals surface area contributed by atoms with Crippen molar-refractivity contribution in [2.75, 3.05) is 26.8 Å². The Morgan fingerprint density at radius 1 is 1.10 bits per heavy atom. The van der Waals surface area contributed by atoms with Crippen LogP contribution in [0, 0.1) is 5.92 Å². The number of sulfonamides is 1. The van der Waals surface area contributed by atoms with Crippen molar-refractivity contribution in [1.29, 1.82) is 0 Å². The van der Waals surface area contributed by atoms with Crippen LogP contribution in [0.2, 0.25) is 0 Å². The predicted molar refractivity (Wildman–Crippen MR) is 116 cm³/mol. The van der Waals surface area contributed by atoms with Crippen LogP contribution < -0.4 is 15.2 Å². The van der Waals surface area contributed by atoms with E-state index >= 15 is 0 Å². The number of fused-ring (bicyclic) bond motifs is 1. The van der Waals surface area contributed by atoms with Gasteiger partial charge in [0.1, 0.15) is 6.61 Å². The molecule has 0 bridgehead atoms. The van der Waals surface area contributed by atoms with Gasteiger partial charge < -0.3 is 13.9 Å². The number of nitrogens with zero attached hydrogens (tertiary/aromatic N) is 2. The fourth-order valence-corrected chi connectivity index (χ4v) is 5.26. The molecule has 3 aromatic rings. The molecule has 2 heterocycles. The third kappa shape index (κ3) is 4.33. The van der Waals surface area contributed by atoms with E-state index in [1.165, 1.54) is 21.0 Å². The molecule has 1 aromatic heterocycles. The summed E-state index contributed by atoms with van der Waals surface area (Å²) in [7, 11) is -2.06. The Morgan fingerprint density at radius 3 is 2.52 bits per heavy atom. The molecule has 0 aliphatic carbocycles. The Kier molecular flexibility index (Phi) is 6.06. The van der Waals surface area contributed by atoms with Crippen LogP contribution in [0.3, 0.4) is 0 Å². The van der Waals surface area contributed by atoms with Gasteiger partial charge in [-0.1, -0.05) is 19.1 Å². The van der Waals surface area contributed by atoms with E-state index in [9.17, 15) is 13.2 Å². The van der Waals surface area contributed by atoms with Crippen molar-refractivity contribution in [3.05, 3.63) is 53.0 Å². The molecule has 31 heavy (non-hydrogen) atoms. The maximum Gasteiger partial charge on any atom is 0.420 e. The van der Waals surface area contributed by atoms with Crippen LogP contribution in [0.25, 0.3) is 11.1 Å². The van der Waals surface area contributed by atoms with Crippen molar-refractivity contribution < 1.29 is 22.3 Å². The van der Waals surface area contributed by atoms with Crippen molar-refractivity contribution >= 4 is 21.1 Å². The summed E-state index contributed by atoms with van der Waals surface area (Å²) in [5.41, 5.74) is 0.772. The van der Waals surface area contributed by atoms with Crippen LogP contribution in [0.15, 0.2) is 56.6 Å². The van der Waals surface area contributed by atoms with Crippen LogP contribution in [-0.4, -0.2) is 44.1 Å². The largest absolute Gasteiger partial charge is 0.493 e. The van der Waals surface area contributed by atoms with Gasteiger partial charge in [-0.05, 0) is 43.0 Å². The zero-order valence-electron chi connectivity index (χ0n) is 17.6. The zero-order chi connectivity index (χ0) is 22.0. The summed E-state index contributed by atoms with van der Waals surface area (Å²) in [5, 5.41) is 0. The van der Waals surface area contributed by atoms with Crippen molar-refractivity contribution in [1.82, 2.24) is 8.87 Å². The molecule has 0 atom stereocenters. The molecule has 0 amide bonds. The zero-order valence-corrected chi connectivity index (χ0v) is 18.4. The first-order valence-electron chi connectivity index (χ1n) is 10.3. The molecule has 1 fully saturated rings. The first-order valence-corrected chi connectivity index (χ1v) is 11.7. The predicted octanol–water partition coefficient (Wildman–Crippen LogP) is 3.10. The lowest BCUT2D eigenvalue weighted by Gasteiger charge is -2.29. The van der Waals surface area contributed by atoms with Gasteiger partial charge in [0.05, 0.1) is 24.1 Å². The van der Waals surface area contributed by atoms with E-state index in [1.54, 1.807) is 25.3 Å². The Morgan fingerprint density at radius 2 is 1.81 bits per heavy atom. The minimum absolute atomic E-state index is 0.140. The molecule has 4 rings (SSSR count). The molecule has 2 aromatic carbocycles. The van der Waals surface area contributed by atoms with E-state index in [2.05, 4.69) is 6.92 Å². The van der Waals surface area contributed by atoms with E-state index < -0.39 is 15.8 Å². The molecular weight excluding hydrogens is 420 g/mol. The fourth-order valence-electron chi connectivity index (χ4n) is 3.78. The lowest BCUT2D eigenvalue weighted by molar-refractivity contribution is 0.277. The molecule has 166 valence electrons. The molecule has 0 unspecified atom stereocenters. The Labute approximate surface area is 181 Å². The molecule has 0 spiro atoms. The van der Waals surface area contributed by atoms with Gasteiger partial charge in [0, 0.05) is 19.2 Å². The van der Waals surface area contributed by atoms with Crippen LogP contribution in [0.4, 0.5) is 0 Å². The Bertz CT molecular complexity index is 1220. The van der Waals surface area contributed by atoms with E-state index in [1.807, 2.05) is 12.1 Å². The van der Waals surface area contributed by atoms with Crippen LogP contribution >= 0.6 is 0 Å². The van der Waals surface area contributed by atoms with Crippen LogP contribution in [0.5, 0.6) is 11.5 Å². The van der Waals surface area contributed by atoms with Crippen molar-refractivity contribution in [3.63, 3.8) is 0 Å². The molecule has 1 aliphatic rings. The van der Waals surface area contributed by atoms with E-state index in [0.717, 1.165) is 12.8 Å². The Hall–Kier alpha value is -2.78. The smallest absolute Gasteiger partial charge is 0.420 e. The van der Waals surface area contributed by atoms with Crippen molar-refractivity contribution in [2.45, 2.75) is 31.2 Å². The summed E-state index contributed by atoms with van der Waals surface area (Å²) in [4.78, 5) is 12.5. The van der Waals surface area contributed by atoms with Crippen LogP contribution in [-0.2, 0) is 16.6 Å². The molecule has 1 aliphatic heterocycles. The minimum atomic E-state index is -3.62. The van der Waals surface area contributed by atoms with Crippen LogP contribution in [0.1, 0.15) is 19.8 Å². The Balaban J connectivity index is 1.53. The molecule has 0 radical (unpaired) electrons. The third-order valence-electron chi connectivity index (χ3n) is 5.66. The third-order valence-corrected chi connectivity index (χ3v) is 7.56. The normalized spacial score (nSPS) is 15.9. The number of ether oxygens (including phenoxy) is 2. The average molecular weight is 447 g/mol. The van der Waals surface area contributed by atoms with Gasteiger partial charge in [-0.2, -0.15) is 4.31 Å². The maximum absolute atomic E-state index is 13.0. The summed E-state index contributed by atoms with van der Waals surface area (Å²) in [6.45, 7) is 3.62. The topological polar surface area (TPSA) is 91.0 Å². The van der Waals surface area contributed by atoms with E-state index in [4.69, 9.17) is 13.9 Å². The maximum atomic E-state index is 13.0. The SMILES string of the molecule is COc1ccccc1OCCn1c(=O)oc2cc(S(=O)(=O)N3CCC(C)CC3)ccc21. The number of hydrogen-bond donors (Lipinski definition) is 0. The number of oxazole rings is 1. The molecule has 1 saturated heterocycles. The second-order valence-corrected chi connectivity index (χ2v) is 9.67. The number of rotatable bonds is 7. The lowest BCUT2D eigenvalue weighted by Crippen LogP contribution is -2.37. The summed E-state index contributed by atoms with van der Waals surface area (Å²) >= 11 is 0. The van der Waals surface area contributed by atoms with Gasteiger partial charge in [0.2, 0.25) is 10.0 Å². The lowest BCUT2D eigenvalue weighted by atomic mass is 10.0. The highest BCUT2D eigenvalue weighted by atomic mass is 32.2. The molecule has 0 N–H and O–H groups in total. The van der Waals surface area contributed by atoms with Crippen molar-refractivity contribution in [2.24, 2.45) is 5.92 Å². The van der Waals surface area contributed by atoms with Gasteiger partial charge in [-0.15, -0.1) is 0 Å². The summed E-state index contributed by atoms with van der Waals surface area (Å²) < 4.78 is 45.2.